The van der Waals surface area contributed by atoms with Crippen molar-refractivity contribution in [2.75, 3.05) is 77.9 Å². The number of carbonyl (C=O) groups is 5. The molecule has 0 spiro atoms. The molecule has 214 valence electrons. The van der Waals surface area contributed by atoms with Gasteiger partial charge in [-0.25, -0.2) is 4.79 Å². The lowest BCUT2D eigenvalue weighted by Crippen LogP contribution is -2.54. The molecule has 3 rings (SSSR count). The van der Waals surface area contributed by atoms with Crippen LogP contribution in [0.4, 0.5) is 5.69 Å². The van der Waals surface area contributed by atoms with E-state index in [2.05, 4.69) is 10.6 Å². The van der Waals surface area contributed by atoms with Gasteiger partial charge in [-0.15, -0.1) is 0 Å². The summed E-state index contributed by atoms with van der Waals surface area (Å²) in [6.45, 7) is 3.12. The number of amides is 4. The van der Waals surface area contributed by atoms with E-state index in [-0.39, 0.29) is 37.2 Å². The van der Waals surface area contributed by atoms with E-state index in [1.165, 1.54) is 6.07 Å². The van der Waals surface area contributed by atoms with E-state index >= 15 is 0 Å². The zero-order chi connectivity index (χ0) is 28.0. The molecule has 14 heteroatoms. The van der Waals surface area contributed by atoms with E-state index in [1.54, 1.807) is 12.1 Å². The van der Waals surface area contributed by atoms with Gasteiger partial charge in [0.1, 0.15) is 12.6 Å². The lowest BCUT2D eigenvalue weighted by molar-refractivity contribution is -0.143. The molecule has 4 amide bonds. The quantitative estimate of drug-likeness (QED) is 0.151. The normalized spacial score (nSPS) is 16.9. The van der Waals surface area contributed by atoms with Crippen molar-refractivity contribution < 1.29 is 52.8 Å². The molecule has 1 aromatic rings. The van der Waals surface area contributed by atoms with Crippen LogP contribution >= 0.6 is 0 Å². The molecule has 1 aromatic carbocycles. The van der Waals surface area contributed by atoms with Crippen molar-refractivity contribution in [3.8, 4) is 0 Å². The smallest absolute Gasteiger partial charge is 0.329 e. The summed E-state index contributed by atoms with van der Waals surface area (Å²) < 4.78 is 26.4. The highest BCUT2D eigenvalue weighted by atomic mass is 16.6. The first-order valence-corrected chi connectivity index (χ1v) is 12.6. The minimum absolute atomic E-state index is 0.0625. The Labute approximate surface area is 224 Å². The van der Waals surface area contributed by atoms with Crippen LogP contribution in [0.5, 0.6) is 0 Å². The minimum atomic E-state index is -1.02. The van der Waals surface area contributed by atoms with Gasteiger partial charge in [0.15, 0.2) is 0 Å². The predicted molar refractivity (Wildman–Crippen MR) is 133 cm³/mol. The fourth-order valence-electron chi connectivity index (χ4n) is 3.96. The number of benzene rings is 1. The number of rotatable bonds is 19. The summed E-state index contributed by atoms with van der Waals surface area (Å²) >= 11 is 0. The second-order valence-corrected chi connectivity index (χ2v) is 8.50. The summed E-state index contributed by atoms with van der Waals surface area (Å²) in [6, 6.07) is 3.86. The lowest BCUT2D eigenvalue weighted by atomic mass is 10.0. The van der Waals surface area contributed by atoms with Crippen LogP contribution in [0.25, 0.3) is 0 Å². The van der Waals surface area contributed by atoms with Crippen LogP contribution in [-0.4, -0.2) is 118 Å². The maximum atomic E-state index is 13.1. The standard InChI is InChI=1S/C25H33N3O11/c29-20-5-4-19(23(32)27-20)28-24(33)17-2-1-3-18(22(17)25(28)34)26-6-7-35-8-9-36-10-11-37-12-13-38-14-15-39-16-21(30)31/h1-3,19,26H,4-16H2,(H,30,31)(H,27,29,32). The van der Waals surface area contributed by atoms with Gasteiger partial charge in [-0.05, 0) is 18.6 Å². The average Bonchev–Trinajstić information content (AvgIpc) is 3.16. The first kappa shape index (κ1) is 30.1. The molecule has 0 aliphatic carbocycles. The molecule has 39 heavy (non-hydrogen) atoms. The van der Waals surface area contributed by atoms with Crippen LogP contribution in [0, 0.1) is 0 Å². The van der Waals surface area contributed by atoms with Gasteiger partial charge >= 0.3 is 5.97 Å². The van der Waals surface area contributed by atoms with Gasteiger partial charge in [0, 0.05) is 18.7 Å². The first-order valence-electron chi connectivity index (χ1n) is 12.6. The predicted octanol–water partition coefficient (Wildman–Crippen LogP) is -0.333. The molecule has 3 N–H and O–H groups in total. The van der Waals surface area contributed by atoms with Crippen molar-refractivity contribution in [1.29, 1.82) is 0 Å². The summed E-state index contributed by atoms with van der Waals surface area (Å²) in [5.41, 5.74) is 0.879. The number of ether oxygens (including phenoxy) is 5. The molecule has 14 nitrogen and oxygen atoms in total. The molecule has 0 saturated carbocycles. The number of carboxylic acids is 1. The first-order chi connectivity index (χ1) is 18.9. The van der Waals surface area contributed by atoms with Crippen LogP contribution in [0.2, 0.25) is 0 Å². The van der Waals surface area contributed by atoms with Crippen LogP contribution in [-0.2, 0) is 38.1 Å². The number of carbonyl (C=O) groups excluding carboxylic acids is 4. The number of imide groups is 2. The number of piperidine rings is 1. The Morgan fingerprint density at radius 1 is 0.872 bits per heavy atom. The highest BCUT2D eigenvalue weighted by molar-refractivity contribution is 6.25. The average molecular weight is 552 g/mol. The van der Waals surface area contributed by atoms with Crippen LogP contribution in [0.15, 0.2) is 18.2 Å². The van der Waals surface area contributed by atoms with E-state index in [1.807, 2.05) is 0 Å². The second-order valence-electron chi connectivity index (χ2n) is 8.50. The molecule has 1 saturated heterocycles. The van der Waals surface area contributed by atoms with Gasteiger partial charge in [-0.1, -0.05) is 6.07 Å². The molecule has 1 fully saturated rings. The summed E-state index contributed by atoms with van der Waals surface area (Å²) in [7, 11) is 0. The van der Waals surface area contributed by atoms with Crippen molar-refractivity contribution in [2.24, 2.45) is 0 Å². The summed E-state index contributed by atoms with van der Waals surface area (Å²) in [5, 5.41) is 13.7. The number of hydrogen-bond donors (Lipinski definition) is 3. The van der Waals surface area contributed by atoms with Crippen molar-refractivity contribution in [3.63, 3.8) is 0 Å². The Kier molecular flexibility index (Phi) is 12.2. The highest BCUT2D eigenvalue weighted by Crippen LogP contribution is 2.32. The van der Waals surface area contributed by atoms with Crippen molar-refractivity contribution in [2.45, 2.75) is 18.9 Å². The highest BCUT2D eigenvalue weighted by Gasteiger charge is 2.45. The van der Waals surface area contributed by atoms with Gasteiger partial charge < -0.3 is 34.1 Å². The van der Waals surface area contributed by atoms with E-state index < -0.39 is 35.6 Å². The molecule has 2 aliphatic rings. The zero-order valence-corrected chi connectivity index (χ0v) is 21.5. The van der Waals surface area contributed by atoms with Gasteiger partial charge in [0.2, 0.25) is 11.8 Å². The van der Waals surface area contributed by atoms with Crippen LogP contribution < -0.4 is 10.6 Å². The van der Waals surface area contributed by atoms with Gasteiger partial charge in [-0.3, -0.25) is 29.4 Å². The number of anilines is 1. The topological polar surface area (TPSA) is 179 Å². The number of nitrogens with one attached hydrogen (secondary N) is 2. The lowest BCUT2D eigenvalue weighted by Gasteiger charge is -2.27. The Balaban J connectivity index is 1.25. The van der Waals surface area contributed by atoms with Crippen molar-refractivity contribution in [3.05, 3.63) is 29.3 Å². The third kappa shape index (κ3) is 9.07. The molecule has 1 unspecified atom stereocenters. The molecule has 2 heterocycles. The Hall–Kier alpha value is -3.43. The molecule has 2 aliphatic heterocycles. The SMILES string of the molecule is O=C(O)COCCOCCOCCOCCOCCNc1cccc2c1C(=O)N(C1CCC(=O)NC1=O)C2=O. The molecular weight excluding hydrogens is 518 g/mol. The maximum absolute atomic E-state index is 13.1. The van der Waals surface area contributed by atoms with Gasteiger partial charge in [0.25, 0.3) is 11.8 Å². The fourth-order valence-corrected chi connectivity index (χ4v) is 3.96. The summed E-state index contributed by atoms with van der Waals surface area (Å²) in [6.07, 6.45) is 0.162. The van der Waals surface area contributed by atoms with Crippen LogP contribution in [0.1, 0.15) is 33.6 Å². The third-order valence-corrected chi connectivity index (χ3v) is 5.74. The number of aliphatic carboxylic acids is 1. The number of nitrogens with zero attached hydrogens (tertiary/aromatic N) is 1. The van der Waals surface area contributed by atoms with E-state index in [0.29, 0.717) is 65.1 Å². The van der Waals surface area contributed by atoms with Crippen LogP contribution in [0.3, 0.4) is 0 Å². The Morgan fingerprint density at radius 2 is 1.46 bits per heavy atom. The summed E-state index contributed by atoms with van der Waals surface area (Å²) in [5.74, 6) is -3.21. The number of hydrogen-bond acceptors (Lipinski definition) is 11. The monoisotopic (exact) mass is 551 g/mol. The van der Waals surface area contributed by atoms with Crippen molar-refractivity contribution >= 4 is 35.3 Å². The van der Waals surface area contributed by atoms with Crippen molar-refractivity contribution in [1.82, 2.24) is 10.2 Å². The molecule has 0 bridgehead atoms. The molecule has 0 radical (unpaired) electrons. The Bertz CT molecular complexity index is 1030. The van der Waals surface area contributed by atoms with Gasteiger partial charge in [0.05, 0.1) is 70.6 Å². The molecular formula is C25H33N3O11. The Morgan fingerprint density at radius 3 is 2.05 bits per heavy atom. The molecule has 0 aromatic heterocycles. The van der Waals surface area contributed by atoms with Gasteiger partial charge in [-0.2, -0.15) is 0 Å². The van der Waals surface area contributed by atoms with E-state index in [9.17, 15) is 24.0 Å². The van der Waals surface area contributed by atoms with E-state index in [0.717, 1.165) is 4.90 Å². The largest absolute Gasteiger partial charge is 0.480 e. The number of fused-ring (bicyclic) bond motifs is 1. The molecule has 1 atom stereocenters. The number of carboxylic acid groups (broad SMARTS) is 1. The minimum Gasteiger partial charge on any atom is -0.480 e. The zero-order valence-electron chi connectivity index (χ0n) is 21.5. The maximum Gasteiger partial charge on any atom is 0.329 e. The third-order valence-electron chi connectivity index (χ3n) is 5.74. The fraction of sp³-hybridized carbons (Fsp3) is 0.560. The summed E-state index contributed by atoms with van der Waals surface area (Å²) in [4.78, 5) is 60.8. The van der Waals surface area contributed by atoms with E-state index in [4.69, 9.17) is 28.8 Å². The second kappa shape index (κ2) is 15.9.